The molecule has 0 atom stereocenters. The van der Waals surface area contributed by atoms with E-state index in [1.165, 1.54) is 0 Å². The number of carbonyl (C=O) groups excluding carboxylic acids is 1. The summed E-state index contributed by atoms with van der Waals surface area (Å²) in [6.45, 7) is 2.50. The fraction of sp³-hybridized carbons (Fsp3) is 0.333. The third-order valence-electron chi connectivity index (χ3n) is 3.17. The van der Waals surface area contributed by atoms with Gasteiger partial charge in [0.25, 0.3) is 5.91 Å². The summed E-state index contributed by atoms with van der Waals surface area (Å²) in [5, 5.41) is 7.27. The third kappa shape index (κ3) is 3.64. The number of nitrogens with one attached hydrogen (secondary N) is 1. The summed E-state index contributed by atoms with van der Waals surface area (Å²) < 4.78 is 7.88. The lowest BCUT2D eigenvalue weighted by Gasteiger charge is -2.09. The van der Waals surface area contributed by atoms with Crippen LogP contribution in [0.15, 0.2) is 28.9 Å². The zero-order valence-electron chi connectivity index (χ0n) is 12.3. The average Bonchev–Trinajstić information content (AvgIpc) is 2.84. The van der Waals surface area contributed by atoms with Gasteiger partial charge in [0.05, 0.1) is 18.4 Å². The van der Waals surface area contributed by atoms with E-state index < -0.39 is 0 Å². The first-order valence-electron chi connectivity index (χ1n) is 6.68. The Balaban J connectivity index is 2.11. The largest absolute Gasteiger partial charge is 0.496 e. The van der Waals surface area contributed by atoms with Gasteiger partial charge in [0.2, 0.25) is 0 Å². The summed E-state index contributed by atoms with van der Waals surface area (Å²) in [4.78, 5) is 12.3. The van der Waals surface area contributed by atoms with Gasteiger partial charge in [0, 0.05) is 29.8 Å². The summed E-state index contributed by atoms with van der Waals surface area (Å²) in [7, 11) is 3.43. The molecule has 1 aromatic carbocycles. The molecular formula is C15H18BrN3O2. The first-order chi connectivity index (χ1) is 10.0. The molecule has 0 aliphatic carbocycles. The number of aromatic nitrogens is 2. The maximum atomic E-state index is 12.3. The fourth-order valence-corrected chi connectivity index (χ4v) is 2.49. The van der Waals surface area contributed by atoms with E-state index in [1.54, 1.807) is 23.9 Å². The Bertz CT molecular complexity index is 652. The van der Waals surface area contributed by atoms with Crippen molar-refractivity contribution in [2.45, 2.75) is 19.9 Å². The quantitative estimate of drug-likeness (QED) is 0.900. The lowest BCUT2D eigenvalue weighted by Crippen LogP contribution is -2.23. The zero-order valence-corrected chi connectivity index (χ0v) is 13.9. The van der Waals surface area contributed by atoms with Crippen LogP contribution in [0.5, 0.6) is 5.75 Å². The molecule has 0 saturated heterocycles. The van der Waals surface area contributed by atoms with Crippen LogP contribution in [0.3, 0.4) is 0 Å². The number of carbonyl (C=O) groups is 1. The maximum absolute atomic E-state index is 12.3. The van der Waals surface area contributed by atoms with Crippen molar-refractivity contribution in [2.24, 2.45) is 7.05 Å². The van der Waals surface area contributed by atoms with E-state index in [1.807, 2.05) is 26.2 Å². The minimum atomic E-state index is -0.162. The van der Waals surface area contributed by atoms with Crippen LogP contribution < -0.4 is 10.1 Å². The van der Waals surface area contributed by atoms with E-state index in [0.717, 1.165) is 22.2 Å². The SMILES string of the molecule is CCc1nn(C)cc1CNC(=O)c1ccc(Br)cc1OC. The molecule has 2 rings (SSSR count). The van der Waals surface area contributed by atoms with E-state index in [4.69, 9.17) is 4.74 Å². The van der Waals surface area contributed by atoms with Crippen molar-refractivity contribution in [1.29, 1.82) is 0 Å². The molecule has 0 aliphatic heterocycles. The number of rotatable bonds is 5. The Morgan fingerprint density at radius 2 is 2.24 bits per heavy atom. The minimum Gasteiger partial charge on any atom is -0.496 e. The molecule has 21 heavy (non-hydrogen) atoms. The van der Waals surface area contributed by atoms with Crippen LogP contribution in [0.25, 0.3) is 0 Å². The molecule has 1 aromatic heterocycles. The summed E-state index contributed by atoms with van der Waals surface area (Å²) >= 11 is 3.36. The summed E-state index contributed by atoms with van der Waals surface area (Å²) in [6.07, 6.45) is 2.77. The van der Waals surface area contributed by atoms with Gasteiger partial charge in [-0.25, -0.2) is 0 Å². The number of hydrogen-bond acceptors (Lipinski definition) is 3. The molecule has 6 heteroatoms. The number of aryl methyl sites for hydroxylation is 2. The summed E-state index contributed by atoms with van der Waals surface area (Å²) in [5.41, 5.74) is 2.55. The Labute approximate surface area is 132 Å². The third-order valence-corrected chi connectivity index (χ3v) is 3.67. The van der Waals surface area contributed by atoms with Crippen LogP contribution in [-0.4, -0.2) is 22.8 Å². The Kier molecular flexibility index (Phi) is 5.01. The number of nitrogens with zero attached hydrogens (tertiary/aromatic N) is 2. The smallest absolute Gasteiger partial charge is 0.255 e. The molecule has 2 aromatic rings. The van der Waals surface area contributed by atoms with E-state index in [2.05, 4.69) is 26.3 Å². The van der Waals surface area contributed by atoms with Gasteiger partial charge in [-0.15, -0.1) is 0 Å². The van der Waals surface area contributed by atoms with Gasteiger partial charge in [-0.3, -0.25) is 9.48 Å². The van der Waals surface area contributed by atoms with Crippen LogP contribution in [-0.2, 0) is 20.0 Å². The second-order valence-corrected chi connectivity index (χ2v) is 5.57. The van der Waals surface area contributed by atoms with Gasteiger partial charge in [-0.2, -0.15) is 5.10 Å². The van der Waals surface area contributed by atoms with Crippen LogP contribution >= 0.6 is 15.9 Å². The van der Waals surface area contributed by atoms with Gasteiger partial charge >= 0.3 is 0 Å². The number of halogens is 1. The first kappa shape index (κ1) is 15.6. The summed E-state index contributed by atoms with van der Waals surface area (Å²) in [5.74, 6) is 0.383. The van der Waals surface area contributed by atoms with Crippen molar-refractivity contribution in [3.63, 3.8) is 0 Å². The number of benzene rings is 1. The highest BCUT2D eigenvalue weighted by Crippen LogP contribution is 2.23. The highest BCUT2D eigenvalue weighted by atomic mass is 79.9. The van der Waals surface area contributed by atoms with E-state index in [0.29, 0.717) is 17.9 Å². The van der Waals surface area contributed by atoms with E-state index in [9.17, 15) is 4.79 Å². The van der Waals surface area contributed by atoms with Crippen molar-refractivity contribution >= 4 is 21.8 Å². The molecule has 0 spiro atoms. The average molecular weight is 352 g/mol. The normalized spacial score (nSPS) is 10.5. The van der Waals surface area contributed by atoms with Crippen molar-refractivity contribution in [2.75, 3.05) is 7.11 Å². The minimum absolute atomic E-state index is 0.162. The molecule has 112 valence electrons. The lowest BCUT2D eigenvalue weighted by molar-refractivity contribution is 0.0948. The Morgan fingerprint density at radius 3 is 2.90 bits per heavy atom. The predicted octanol–water partition coefficient (Wildman–Crippen LogP) is 2.68. The molecule has 0 unspecified atom stereocenters. The molecule has 0 bridgehead atoms. The van der Waals surface area contributed by atoms with Crippen molar-refractivity contribution in [3.8, 4) is 5.75 Å². The topological polar surface area (TPSA) is 56.2 Å². The molecule has 0 radical (unpaired) electrons. The zero-order chi connectivity index (χ0) is 15.4. The molecule has 0 saturated carbocycles. The van der Waals surface area contributed by atoms with Crippen LogP contribution in [0.4, 0.5) is 0 Å². The van der Waals surface area contributed by atoms with Crippen molar-refractivity contribution < 1.29 is 9.53 Å². The number of hydrogen-bond donors (Lipinski definition) is 1. The van der Waals surface area contributed by atoms with Gasteiger partial charge in [-0.05, 0) is 24.6 Å². The Morgan fingerprint density at radius 1 is 1.48 bits per heavy atom. The molecule has 1 heterocycles. The Hall–Kier alpha value is -1.82. The van der Waals surface area contributed by atoms with Gasteiger partial charge in [0.1, 0.15) is 5.75 Å². The maximum Gasteiger partial charge on any atom is 0.255 e. The lowest BCUT2D eigenvalue weighted by atomic mass is 10.1. The number of ether oxygens (including phenoxy) is 1. The molecule has 5 nitrogen and oxygen atoms in total. The highest BCUT2D eigenvalue weighted by Gasteiger charge is 2.13. The highest BCUT2D eigenvalue weighted by molar-refractivity contribution is 9.10. The van der Waals surface area contributed by atoms with Crippen molar-refractivity contribution in [3.05, 3.63) is 45.7 Å². The van der Waals surface area contributed by atoms with Crippen LogP contribution in [0, 0.1) is 0 Å². The molecular weight excluding hydrogens is 334 g/mol. The predicted molar refractivity (Wildman–Crippen MR) is 84.5 cm³/mol. The van der Waals surface area contributed by atoms with Gasteiger partial charge in [0.15, 0.2) is 0 Å². The molecule has 1 N–H and O–H groups in total. The number of methoxy groups -OCH3 is 1. The summed E-state index contributed by atoms with van der Waals surface area (Å²) in [6, 6.07) is 5.33. The molecule has 0 fully saturated rings. The number of amides is 1. The molecule has 0 aliphatic rings. The second kappa shape index (κ2) is 6.76. The van der Waals surface area contributed by atoms with Gasteiger partial charge < -0.3 is 10.1 Å². The van der Waals surface area contributed by atoms with Crippen LogP contribution in [0.1, 0.15) is 28.5 Å². The van der Waals surface area contributed by atoms with Gasteiger partial charge in [-0.1, -0.05) is 22.9 Å². The standard InChI is InChI=1S/C15H18BrN3O2/c1-4-13-10(9-19(2)18-13)8-17-15(20)12-6-5-11(16)7-14(12)21-3/h5-7,9H,4,8H2,1-3H3,(H,17,20). The van der Waals surface area contributed by atoms with Crippen molar-refractivity contribution in [1.82, 2.24) is 15.1 Å². The van der Waals surface area contributed by atoms with E-state index in [-0.39, 0.29) is 5.91 Å². The van der Waals surface area contributed by atoms with E-state index >= 15 is 0 Å². The fourth-order valence-electron chi connectivity index (χ4n) is 2.15. The first-order valence-corrected chi connectivity index (χ1v) is 7.47. The van der Waals surface area contributed by atoms with Crippen LogP contribution in [0.2, 0.25) is 0 Å². The molecule has 1 amide bonds. The second-order valence-electron chi connectivity index (χ2n) is 4.66. The monoisotopic (exact) mass is 351 g/mol.